The molecule has 2 aromatic rings. The normalized spacial score (nSPS) is 16.4. The quantitative estimate of drug-likeness (QED) is 0.847. The lowest BCUT2D eigenvalue weighted by molar-refractivity contribution is -0.113. The summed E-state index contributed by atoms with van der Waals surface area (Å²) in [6, 6.07) is 8.71. The maximum Gasteiger partial charge on any atom is 0.256 e. The molecule has 1 saturated heterocycles. The number of hydrogen-bond donors (Lipinski definition) is 1. The molecule has 1 aromatic carbocycles. The van der Waals surface area contributed by atoms with Gasteiger partial charge < -0.3 is 15.0 Å². The van der Waals surface area contributed by atoms with Crippen LogP contribution in [0.3, 0.4) is 0 Å². The van der Waals surface area contributed by atoms with Crippen molar-refractivity contribution >= 4 is 23.3 Å². The van der Waals surface area contributed by atoms with Gasteiger partial charge in [-0.2, -0.15) is 5.10 Å². The Labute approximate surface area is 145 Å². The summed E-state index contributed by atoms with van der Waals surface area (Å²) < 4.78 is 7.16. The maximum atomic E-state index is 12.5. The van der Waals surface area contributed by atoms with Gasteiger partial charge in [0.05, 0.1) is 18.8 Å². The summed E-state index contributed by atoms with van der Waals surface area (Å²) in [6.07, 6.45) is 3.78. The van der Waals surface area contributed by atoms with Crippen molar-refractivity contribution < 1.29 is 14.3 Å². The van der Waals surface area contributed by atoms with E-state index in [1.165, 1.54) is 11.0 Å². The number of nitrogens with zero attached hydrogens (tertiary/aromatic N) is 3. The number of benzene rings is 1. The molecule has 1 aromatic heterocycles. The van der Waals surface area contributed by atoms with E-state index in [2.05, 4.69) is 17.0 Å². The molecule has 130 valence electrons. The van der Waals surface area contributed by atoms with E-state index in [1.54, 1.807) is 48.3 Å². The molecule has 0 aliphatic carbocycles. The van der Waals surface area contributed by atoms with E-state index in [-0.39, 0.29) is 17.9 Å². The minimum atomic E-state index is -0.232. The van der Waals surface area contributed by atoms with Gasteiger partial charge in [-0.05, 0) is 36.8 Å². The lowest BCUT2D eigenvalue weighted by Gasteiger charge is -2.16. The number of amides is 2. The van der Waals surface area contributed by atoms with E-state index < -0.39 is 0 Å². The summed E-state index contributed by atoms with van der Waals surface area (Å²) in [6.45, 7) is 4.77. The average Bonchev–Trinajstić information content (AvgIpc) is 3.31. The van der Waals surface area contributed by atoms with Crippen LogP contribution in [-0.4, -0.2) is 41.9 Å². The van der Waals surface area contributed by atoms with Gasteiger partial charge in [0, 0.05) is 31.0 Å². The largest absolute Gasteiger partial charge is 0.379 e. The minimum Gasteiger partial charge on any atom is -0.379 e. The number of carbonyl (C=O) groups excluding carboxylic acids is 2. The molecule has 0 radical (unpaired) electrons. The molecule has 2 heterocycles. The molecule has 0 saturated carbocycles. The average molecular weight is 340 g/mol. The third-order valence-corrected chi connectivity index (χ3v) is 4.19. The smallest absolute Gasteiger partial charge is 0.256 e. The molecule has 1 fully saturated rings. The first-order chi connectivity index (χ1) is 12.1. The van der Waals surface area contributed by atoms with Crippen LogP contribution in [0.4, 0.5) is 11.5 Å². The summed E-state index contributed by atoms with van der Waals surface area (Å²) in [5.74, 6) is 0.202. The molecule has 1 unspecified atom stereocenters. The Kier molecular flexibility index (Phi) is 4.95. The van der Waals surface area contributed by atoms with Crippen molar-refractivity contribution in [3.05, 3.63) is 54.7 Å². The van der Waals surface area contributed by atoms with Crippen LogP contribution >= 0.6 is 0 Å². The summed E-state index contributed by atoms with van der Waals surface area (Å²) in [4.78, 5) is 25.5. The molecule has 1 N–H and O–H groups in total. The first kappa shape index (κ1) is 16.9. The molecule has 1 atom stereocenters. The Morgan fingerprint density at radius 1 is 1.36 bits per heavy atom. The standard InChI is InChI=1S/C18H20N4O3/c1-3-17(23)21(2)14-6-4-13(5-7-14)18(24)20-16-8-10-19-22(16)15-9-11-25-12-15/h3-8,10,15H,1,9,11-12H2,2H3,(H,20,24). The van der Waals surface area contributed by atoms with Crippen molar-refractivity contribution in [3.63, 3.8) is 0 Å². The van der Waals surface area contributed by atoms with Crippen molar-refractivity contribution in [2.75, 3.05) is 30.5 Å². The fraction of sp³-hybridized carbons (Fsp3) is 0.278. The van der Waals surface area contributed by atoms with Gasteiger partial charge in [0.2, 0.25) is 5.91 Å². The van der Waals surface area contributed by atoms with Crippen LogP contribution in [-0.2, 0) is 9.53 Å². The minimum absolute atomic E-state index is 0.145. The predicted molar refractivity (Wildman–Crippen MR) is 94.7 cm³/mol. The van der Waals surface area contributed by atoms with Crippen molar-refractivity contribution in [2.24, 2.45) is 0 Å². The van der Waals surface area contributed by atoms with E-state index in [4.69, 9.17) is 4.74 Å². The predicted octanol–water partition coefficient (Wildman–Crippen LogP) is 2.25. The molecule has 2 amide bonds. The van der Waals surface area contributed by atoms with Gasteiger partial charge in [0.25, 0.3) is 5.91 Å². The second kappa shape index (κ2) is 7.31. The molecular weight excluding hydrogens is 320 g/mol. The van der Waals surface area contributed by atoms with Crippen LogP contribution in [0.25, 0.3) is 0 Å². The monoisotopic (exact) mass is 340 g/mol. The summed E-state index contributed by atoms with van der Waals surface area (Å²) in [7, 11) is 1.65. The fourth-order valence-electron chi connectivity index (χ4n) is 2.71. The Bertz CT molecular complexity index is 776. The van der Waals surface area contributed by atoms with E-state index in [0.717, 1.165) is 6.42 Å². The molecule has 25 heavy (non-hydrogen) atoms. The Balaban J connectivity index is 1.71. The van der Waals surface area contributed by atoms with Crippen LogP contribution in [0.5, 0.6) is 0 Å². The lowest BCUT2D eigenvalue weighted by atomic mass is 10.2. The van der Waals surface area contributed by atoms with Crippen molar-refractivity contribution in [2.45, 2.75) is 12.5 Å². The number of aromatic nitrogens is 2. The zero-order chi connectivity index (χ0) is 17.8. The van der Waals surface area contributed by atoms with Gasteiger partial charge in [-0.3, -0.25) is 9.59 Å². The molecule has 3 rings (SSSR count). The maximum absolute atomic E-state index is 12.5. The zero-order valence-corrected chi connectivity index (χ0v) is 14.0. The van der Waals surface area contributed by atoms with Gasteiger partial charge in [-0.25, -0.2) is 4.68 Å². The molecule has 0 spiro atoms. The Morgan fingerprint density at radius 2 is 2.12 bits per heavy atom. The number of carbonyl (C=O) groups is 2. The van der Waals surface area contributed by atoms with Gasteiger partial charge in [-0.1, -0.05) is 6.58 Å². The van der Waals surface area contributed by atoms with E-state index in [9.17, 15) is 9.59 Å². The van der Waals surface area contributed by atoms with Gasteiger partial charge in [0.15, 0.2) is 0 Å². The first-order valence-corrected chi connectivity index (χ1v) is 8.03. The Morgan fingerprint density at radius 3 is 2.76 bits per heavy atom. The summed E-state index contributed by atoms with van der Waals surface area (Å²) in [5, 5.41) is 7.16. The summed E-state index contributed by atoms with van der Waals surface area (Å²) >= 11 is 0. The number of ether oxygens (including phenoxy) is 1. The molecule has 1 aliphatic rings. The summed E-state index contributed by atoms with van der Waals surface area (Å²) in [5.41, 5.74) is 1.19. The van der Waals surface area contributed by atoms with E-state index >= 15 is 0 Å². The van der Waals surface area contributed by atoms with Crippen LogP contribution in [0, 0.1) is 0 Å². The third kappa shape index (κ3) is 3.61. The zero-order valence-electron chi connectivity index (χ0n) is 14.0. The first-order valence-electron chi connectivity index (χ1n) is 8.03. The second-order valence-corrected chi connectivity index (χ2v) is 5.78. The van der Waals surface area contributed by atoms with Crippen molar-refractivity contribution in [1.29, 1.82) is 0 Å². The highest BCUT2D eigenvalue weighted by Gasteiger charge is 2.21. The molecule has 0 bridgehead atoms. The van der Waals surface area contributed by atoms with E-state index in [0.29, 0.717) is 30.3 Å². The topological polar surface area (TPSA) is 76.5 Å². The number of likely N-dealkylation sites (N-methyl/N-ethyl adjacent to an activating group) is 1. The number of rotatable bonds is 5. The highest BCUT2D eigenvalue weighted by molar-refractivity contribution is 6.05. The second-order valence-electron chi connectivity index (χ2n) is 5.78. The fourth-order valence-corrected chi connectivity index (χ4v) is 2.71. The van der Waals surface area contributed by atoms with Crippen molar-refractivity contribution in [1.82, 2.24) is 9.78 Å². The van der Waals surface area contributed by atoms with Crippen LogP contribution in [0.2, 0.25) is 0 Å². The van der Waals surface area contributed by atoms with Gasteiger partial charge in [0.1, 0.15) is 5.82 Å². The molecule has 7 nitrogen and oxygen atoms in total. The highest BCUT2D eigenvalue weighted by atomic mass is 16.5. The number of hydrogen-bond acceptors (Lipinski definition) is 4. The van der Waals surface area contributed by atoms with Crippen LogP contribution in [0.1, 0.15) is 22.8 Å². The molecular formula is C18H20N4O3. The third-order valence-electron chi connectivity index (χ3n) is 4.19. The number of anilines is 2. The SMILES string of the molecule is C=CC(=O)N(C)c1ccc(C(=O)Nc2ccnn2C2CCOC2)cc1. The highest BCUT2D eigenvalue weighted by Crippen LogP contribution is 2.23. The molecule has 7 heteroatoms. The molecule has 1 aliphatic heterocycles. The van der Waals surface area contributed by atoms with Gasteiger partial charge in [-0.15, -0.1) is 0 Å². The van der Waals surface area contributed by atoms with Crippen LogP contribution in [0.15, 0.2) is 49.2 Å². The van der Waals surface area contributed by atoms with Crippen molar-refractivity contribution in [3.8, 4) is 0 Å². The van der Waals surface area contributed by atoms with E-state index in [1.807, 2.05) is 0 Å². The van der Waals surface area contributed by atoms with Crippen LogP contribution < -0.4 is 10.2 Å². The lowest BCUT2D eigenvalue weighted by Crippen LogP contribution is -2.24. The van der Waals surface area contributed by atoms with Gasteiger partial charge >= 0.3 is 0 Å². The Hall–Kier alpha value is -2.93. The number of nitrogens with one attached hydrogen (secondary N) is 1.